The van der Waals surface area contributed by atoms with Gasteiger partial charge in [0.2, 0.25) is 0 Å². The van der Waals surface area contributed by atoms with Crippen molar-refractivity contribution in [1.29, 1.82) is 5.26 Å². The average molecular weight is 232 g/mol. The Kier molecular flexibility index (Phi) is 3.75. The summed E-state index contributed by atoms with van der Waals surface area (Å²) in [6, 6.07) is 6.95. The standard InChI is InChI=1S/C14H17FN2/c1-10(12-3-2-4-12)17-9-13-7-11(8-16)5-6-14(13)15/h5-7,10,12,17H,2-4,9H2,1H3. The first kappa shape index (κ1) is 12.1. The largest absolute Gasteiger partial charge is 0.310 e. The van der Waals surface area contributed by atoms with E-state index in [4.69, 9.17) is 5.26 Å². The van der Waals surface area contributed by atoms with E-state index in [-0.39, 0.29) is 5.82 Å². The van der Waals surface area contributed by atoms with Gasteiger partial charge in [-0.1, -0.05) is 6.42 Å². The number of nitrogens with zero attached hydrogens (tertiary/aromatic N) is 1. The van der Waals surface area contributed by atoms with E-state index in [1.165, 1.54) is 31.4 Å². The lowest BCUT2D eigenvalue weighted by Crippen LogP contribution is -2.36. The van der Waals surface area contributed by atoms with Gasteiger partial charge in [0.15, 0.2) is 0 Å². The Hall–Kier alpha value is -1.40. The molecule has 1 aromatic rings. The summed E-state index contributed by atoms with van der Waals surface area (Å²) in [5.74, 6) is 0.495. The highest BCUT2D eigenvalue weighted by Gasteiger charge is 2.23. The second kappa shape index (κ2) is 5.29. The molecule has 90 valence electrons. The molecule has 0 spiro atoms. The number of rotatable bonds is 4. The van der Waals surface area contributed by atoms with Crippen LogP contribution in [0.3, 0.4) is 0 Å². The molecule has 17 heavy (non-hydrogen) atoms. The minimum atomic E-state index is -0.239. The fraction of sp³-hybridized carbons (Fsp3) is 0.500. The van der Waals surface area contributed by atoms with Crippen LogP contribution in [0.4, 0.5) is 4.39 Å². The molecule has 2 nitrogen and oxygen atoms in total. The summed E-state index contributed by atoms with van der Waals surface area (Å²) < 4.78 is 13.5. The van der Waals surface area contributed by atoms with Gasteiger partial charge in [0.1, 0.15) is 5.82 Å². The molecule has 1 N–H and O–H groups in total. The lowest BCUT2D eigenvalue weighted by molar-refractivity contribution is 0.239. The Morgan fingerprint density at radius 2 is 2.29 bits per heavy atom. The van der Waals surface area contributed by atoms with Crippen molar-refractivity contribution in [3.8, 4) is 6.07 Å². The summed E-state index contributed by atoms with van der Waals surface area (Å²) in [6.07, 6.45) is 3.86. The van der Waals surface area contributed by atoms with Crippen LogP contribution >= 0.6 is 0 Å². The Balaban J connectivity index is 1.95. The first-order valence-corrected chi connectivity index (χ1v) is 6.12. The van der Waals surface area contributed by atoms with E-state index >= 15 is 0 Å². The van der Waals surface area contributed by atoms with Crippen LogP contribution in [0.15, 0.2) is 18.2 Å². The van der Waals surface area contributed by atoms with Crippen molar-refractivity contribution < 1.29 is 4.39 Å². The molecule has 0 aliphatic heterocycles. The van der Waals surface area contributed by atoms with Crippen LogP contribution in [0.1, 0.15) is 37.3 Å². The Bertz CT molecular complexity index is 432. The van der Waals surface area contributed by atoms with Gasteiger partial charge in [-0.3, -0.25) is 0 Å². The molecule has 1 saturated carbocycles. The molecule has 1 aromatic carbocycles. The van der Waals surface area contributed by atoms with Crippen LogP contribution in [0, 0.1) is 23.1 Å². The third-order valence-electron chi connectivity index (χ3n) is 3.65. The zero-order valence-corrected chi connectivity index (χ0v) is 10.0. The highest BCUT2D eigenvalue weighted by Crippen LogP contribution is 2.29. The van der Waals surface area contributed by atoms with Crippen molar-refractivity contribution in [1.82, 2.24) is 5.32 Å². The average Bonchev–Trinajstić information content (AvgIpc) is 2.25. The topological polar surface area (TPSA) is 35.8 Å². The molecular weight excluding hydrogens is 215 g/mol. The van der Waals surface area contributed by atoms with Crippen LogP contribution < -0.4 is 5.32 Å². The maximum Gasteiger partial charge on any atom is 0.127 e. The van der Waals surface area contributed by atoms with Crippen molar-refractivity contribution >= 4 is 0 Å². The smallest absolute Gasteiger partial charge is 0.127 e. The third-order valence-corrected chi connectivity index (χ3v) is 3.65. The molecule has 1 aliphatic carbocycles. The normalized spacial score (nSPS) is 17.2. The zero-order chi connectivity index (χ0) is 12.3. The van der Waals surface area contributed by atoms with Crippen molar-refractivity contribution in [3.05, 3.63) is 35.1 Å². The Morgan fingerprint density at radius 3 is 2.88 bits per heavy atom. The van der Waals surface area contributed by atoms with E-state index in [1.54, 1.807) is 6.07 Å². The van der Waals surface area contributed by atoms with Gasteiger partial charge in [0, 0.05) is 18.2 Å². The predicted octanol–water partition coefficient (Wildman–Crippen LogP) is 2.98. The first-order valence-electron chi connectivity index (χ1n) is 6.12. The summed E-state index contributed by atoms with van der Waals surface area (Å²) in [4.78, 5) is 0. The SMILES string of the molecule is CC(NCc1cc(C#N)ccc1F)C1CCC1. The van der Waals surface area contributed by atoms with Gasteiger partial charge in [0.05, 0.1) is 11.6 Å². The summed E-state index contributed by atoms with van der Waals surface area (Å²) in [5.41, 5.74) is 1.09. The molecule has 0 aromatic heterocycles. The number of hydrogen-bond donors (Lipinski definition) is 1. The van der Waals surface area contributed by atoms with Gasteiger partial charge in [-0.15, -0.1) is 0 Å². The predicted molar refractivity (Wildman–Crippen MR) is 64.8 cm³/mol. The van der Waals surface area contributed by atoms with Gasteiger partial charge in [-0.05, 0) is 43.9 Å². The molecule has 1 fully saturated rings. The highest BCUT2D eigenvalue weighted by atomic mass is 19.1. The monoisotopic (exact) mass is 232 g/mol. The summed E-state index contributed by atoms with van der Waals surface area (Å²) in [5, 5.41) is 12.1. The number of halogens is 1. The molecule has 0 bridgehead atoms. The zero-order valence-electron chi connectivity index (χ0n) is 10.0. The molecule has 0 amide bonds. The van der Waals surface area contributed by atoms with E-state index < -0.39 is 0 Å². The van der Waals surface area contributed by atoms with Crippen LogP contribution in [0.25, 0.3) is 0 Å². The maximum absolute atomic E-state index is 13.5. The highest BCUT2D eigenvalue weighted by molar-refractivity contribution is 5.33. The summed E-state index contributed by atoms with van der Waals surface area (Å²) >= 11 is 0. The van der Waals surface area contributed by atoms with Crippen molar-refractivity contribution in [2.24, 2.45) is 5.92 Å². The fourth-order valence-corrected chi connectivity index (χ4v) is 2.16. The maximum atomic E-state index is 13.5. The van der Waals surface area contributed by atoms with Gasteiger partial charge in [0.25, 0.3) is 0 Å². The fourth-order valence-electron chi connectivity index (χ4n) is 2.16. The number of nitrogens with one attached hydrogen (secondary N) is 1. The second-order valence-corrected chi connectivity index (χ2v) is 4.78. The quantitative estimate of drug-likeness (QED) is 0.866. The minimum absolute atomic E-state index is 0.239. The van der Waals surface area contributed by atoms with Crippen molar-refractivity contribution in [2.45, 2.75) is 38.8 Å². The van der Waals surface area contributed by atoms with Crippen LogP contribution in [0.5, 0.6) is 0 Å². The van der Waals surface area contributed by atoms with Gasteiger partial charge in [-0.2, -0.15) is 5.26 Å². The molecule has 1 aliphatic rings. The van der Waals surface area contributed by atoms with E-state index in [1.807, 2.05) is 6.07 Å². The van der Waals surface area contributed by atoms with Crippen molar-refractivity contribution in [3.63, 3.8) is 0 Å². The van der Waals surface area contributed by atoms with Gasteiger partial charge in [-0.25, -0.2) is 4.39 Å². The van der Waals surface area contributed by atoms with E-state index in [0.29, 0.717) is 23.7 Å². The first-order chi connectivity index (χ1) is 8.20. The molecular formula is C14H17FN2. The second-order valence-electron chi connectivity index (χ2n) is 4.78. The third kappa shape index (κ3) is 2.83. The molecule has 1 unspecified atom stereocenters. The van der Waals surface area contributed by atoms with E-state index in [9.17, 15) is 4.39 Å². The number of benzene rings is 1. The van der Waals surface area contributed by atoms with Gasteiger partial charge < -0.3 is 5.32 Å². The number of hydrogen-bond acceptors (Lipinski definition) is 2. The molecule has 3 heteroatoms. The van der Waals surface area contributed by atoms with E-state index in [0.717, 1.165) is 5.92 Å². The minimum Gasteiger partial charge on any atom is -0.310 e. The van der Waals surface area contributed by atoms with E-state index in [2.05, 4.69) is 12.2 Å². The molecule has 2 rings (SSSR count). The Labute approximate surface area is 101 Å². The van der Waals surface area contributed by atoms with Crippen LogP contribution in [0.2, 0.25) is 0 Å². The van der Waals surface area contributed by atoms with Crippen molar-refractivity contribution in [2.75, 3.05) is 0 Å². The molecule has 0 saturated heterocycles. The lowest BCUT2D eigenvalue weighted by Gasteiger charge is -2.32. The lowest BCUT2D eigenvalue weighted by atomic mass is 9.80. The number of nitriles is 1. The molecule has 1 atom stereocenters. The van der Waals surface area contributed by atoms with Crippen LogP contribution in [-0.2, 0) is 6.54 Å². The Morgan fingerprint density at radius 1 is 1.53 bits per heavy atom. The van der Waals surface area contributed by atoms with Gasteiger partial charge >= 0.3 is 0 Å². The summed E-state index contributed by atoms with van der Waals surface area (Å²) in [6.45, 7) is 2.65. The molecule has 0 heterocycles. The molecule has 0 radical (unpaired) electrons. The summed E-state index contributed by atoms with van der Waals surface area (Å²) in [7, 11) is 0. The van der Waals surface area contributed by atoms with Crippen LogP contribution in [-0.4, -0.2) is 6.04 Å².